The van der Waals surface area contributed by atoms with Crippen LogP contribution >= 0.6 is 0 Å². The molecule has 2 unspecified atom stereocenters. The number of alkyl halides is 2. The smallest absolute Gasteiger partial charge is 0.271 e. The quantitative estimate of drug-likeness (QED) is 0.485. The molecular weight excluding hydrogens is 140 g/mol. The van der Waals surface area contributed by atoms with E-state index in [2.05, 4.69) is 0 Å². The highest BCUT2D eigenvalue weighted by molar-refractivity contribution is 5.87. The fourth-order valence-electron chi connectivity index (χ4n) is 1.65. The van der Waals surface area contributed by atoms with Crippen molar-refractivity contribution in [2.45, 2.75) is 5.92 Å². The second kappa shape index (κ2) is 1.56. The van der Waals surface area contributed by atoms with Crippen molar-refractivity contribution in [2.24, 2.45) is 5.92 Å². The van der Waals surface area contributed by atoms with Gasteiger partial charge in [0.2, 0.25) is 0 Å². The summed E-state index contributed by atoms with van der Waals surface area (Å²) in [6.07, 6.45) is 0. The second-order valence-corrected chi connectivity index (χ2v) is 2.95. The third-order valence-corrected chi connectivity index (χ3v) is 2.15. The number of halogens is 2. The van der Waals surface area contributed by atoms with Crippen LogP contribution in [0.15, 0.2) is 0 Å². The van der Waals surface area contributed by atoms with Crippen molar-refractivity contribution in [3.63, 3.8) is 0 Å². The van der Waals surface area contributed by atoms with Crippen LogP contribution in [0.25, 0.3) is 0 Å². The number of ketones is 1. The lowest BCUT2D eigenvalue weighted by Gasteiger charge is -2.19. The number of carbonyl (C=O) groups excluding carboxylic acids is 1. The first-order chi connectivity index (χ1) is 4.59. The number of piperidine rings is 1. The number of carbonyl (C=O) groups is 1. The zero-order chi connectivity index (χ0) is 7.35. The van der Waals surface area contributed by atoms with Gasteiger partial charge in [0.05, 0.1) is 19.0 Å². The Balaban J connectivity index is 2.28. The van der Waals surface area contributed by atoms with Crippen molar-refractivity contribution in [3.8, 4) is 0 Å². The highest BCUT2D eigenvalue weighted by Gasteiger charge is 2.56. The van der Waals surface area contributed by atoms with Gasteiger partial charge in [-0.3, -0.25) is 9.69 Å². The highest BCUT2D eigenvalue weighted by Crippen LogP contribution is 2.37. The Morgan fingerprint density at radius 1 is 1.60 bits per heavy atom. The summed E-state index contributed by atoms with van der Waals surface area (Å²) < 4.78 is 25.3. The van der Waals surface area contributed by atoms with E-state index in [1.54, 1.807) is 0 Å². The SMILES string of the molecule is O=C1CN2CC1C(F)(F)C2. The highest BCUT2D eigenvalue weighted by atomic mass is 19.3. The van der Waals surface area contributed by atoms with Crippen LogP contribution in [0.4, 0.5) is 8.78 Å². The van der Waals surface area contributed by atoms with Gasteiger partial charge in [0.25, 0.3) is 5.92 Å². The van der Waals surface area contributed by atoms with Gasteiger partial charge in [0, 0.05) is 6.54 Å². The topological polar surface area (TPSA) is 20.3 Å². The summed E-state index contributed by atoms with van der Waals surface area (Å²) in [5, 5.41) is 0. The lowest BCUT2D eigenvalue weighted by Crippen LogP contribution is -2.39. The number of nitrogens with zero attached hydrogens (tertiary/aromatic N) is 1. The van der Waals surface area contributed by atoms with Crippen molar-refractivity contribution < 1.29 is 13.6 Å². The molecule has 0 aromatic carbocycles. The molecular formula is C6H7F2NO. The molecule has 0 aliphatic carbocycles. The second-order valence-electron chi connectivity index (χ2n) is 2.95. The van der Waals surface area contributed by atoms with Gasteiger partial charge < -0.3 is 0 Å². The maximum atomic E-state index is 12.6. The van der Waals surface area contributed by atoms with Crippen LogP contribution in [0.3, 0.4) is 0 Å². The minimum Gasteiger partial charge on any atom is -0.298 e. The maximum absolute atomic E-state index is 12.6. The molecule has 0 saturated carbocycles. The molecule has 0 aromatic rings. The molecule has 2 bridgehead atoms. The van der Waals surface area contributed by atoms with Crippen molar-refractivity contribution in [2.75, 3.05) is 19.6 Å². The van der Waals surface area contributed by atoms with Gasteiger partial charge >= 0.3 is 0 Å². The van der Waals surface area contributed by atoms with Crippen LogP contribution in [0, 0.1) is 5.92 Å². The molecule has 2 nitrogen and oxygen atoms in total. The average molecular weight is 147 g/mol. The largest absolute Gasteiger partial charge is 0.298 e. The molecule has 0 amide bonds. The molecule has 4 heteroatoms. The van der Waals surface area contributed by atoms with Gasteiger partial charge in [-0.15, -0.1) is 0 Å². The summed E-state index contributed by atoms with van der Waals surface area (Å²) in [6.45, 7) is 0.287. The summed E-state index contributed by atoms with van der Waals surface area (Å²) in [4.78, 5) is 12.2. The Morgan fingerprint density at radius 3 is 2.60 bits per heavy atom. The van der Waals surface area contributed by atoms with Gasteiger partial charge in [-0.2, -0.15) is 0 Å². The predicted molar refractivity (Wildman–Crippen MR) is 29.9 cm³/mol. The van der Waals surface area contributed by atoms with Crippen LogP contribution in [0.5, 0.6) is 0 Å². The molecule has 2 fully saturated rings. The van der Waals surface area contributed by atoms with Crippen molar-refractivity contribution in [3.05, 3.63) is 0 Å². The van der Waals surface area contributed by atoms with Crippen molar-refractivity contribution in [1.82, 2.24) is 4.90 Å². The van der Waals surface area contributed by atoms with Crippen LogP contribution in [0.2, 0.25) is 0 Å². The molecule has 2 atom stereocenters. The van der Waals surface area contributed by atoms with E-state index in [-0.39, 0.29) is 25.4 Å². The van der Waals surface area contributed by atoms with E-state index in [4.69, 9.17) is 0 Å². The molecule has 2 heterocycles. The molecule has 2 rings (SSSR count). The van der Waals surface area contributed by atoms with E-state index in [0.29, 0.717) is 0 Å². The molecule has 10 heavy (non-hydrogen) atoms. The van der Waals surface area contributed by atoms with Crippen molar-refractivity contribution in [1.29, 1.82) is 0 Å². The molecule has 56 valence electrons. The van der Waals surface area contributed by atoms with Crippen LogP contribution in [0.1, 0.15) is 0 Å². The number of hydrogen-bond donors (Lipinski definition) is 0. The number of fused-ring (bicyclic) bond motifs is 2. The van der Waals surface area contributed by atoms with E-state index < -0.39 is 11.8 Å². The number of rotatable bonds is 0. The lowest BCUT2D eigenvalue weighted by molar-refractivity contribution is -0.133. The molecule has 2 aliphatic rings. The first-order valence-corrected chi connectivity index (χ1v) is 3.22. The molecule has 2 saturated heterocycles. The van der Waals surface area contributed by atoms with Crippen LogP contribution < -0.4 is 0 Å². The van der Waals surface area contributed by atoms with Gasteiger partial charge in [0.15, 0.2) is 5.78 Å². The lowest BCUT2D eigenvalue weighted by atomic mass is 10.0. The van der Waals surface area contributed by atoms with E-state index in [0.717, 1.165) is 0 Å². The van der Waals surface area contributed by atoms with Crippen LogP contribution in [-0.2, 0) is 4.79 Å². The Bertz CT molecular complexity index is 192. The summed E-state index contributed by atoms with van der Waals surface area (Å²) in [6, 6.07) is 0. The van der Waals surface area contributed by atoms with E-state index >= 15 is 0 Å². The standard InChI is InChI=1S/C6H7F2NO/c7-6(8)3-9-1-4(6)5(10)2-9/h4H,1-3H2. The van der Waals surface area contributed by atoms with Crippen molar-refractivity contribution >= 4 is 5.78 Å². The maximum Gasteiger partial charge on any atom is 0.271 e. The summed E-state index contributed by atoms with van der Waals surface area (Å²) in [5.41, 5.74) is 0. The summed E-state index contributed by atoms with van der Waals surface area (Å²) >= 11 is 0. The first-order valence-electron chi connectivity index (χ1n) is 3.22. The Labute approximate surface area is 56.8 Å². The van der Waals surface area contributed by atoms with E-state index in [1.807, 2.05) is 0 Å². The summed E-state index contributed by atoms with van der Waals surface area (Å²) in [7, 11) is 0. The van der Waals surface area contributed by atoms with E-state index in [1.165, 1.54) is 4.90 Å². The van der Waals surface area contributed by atoms with Crippen LogP contribution in [-0.4, -0.2) is 36.2 Å². The van der Waals surface area contributed by atoms with Gasteiger partial charge in [-0.05, 0) is 0 Å². The third kappa shape index (κ3) is 0.624. The molecule has 0 radical (unpaired) electrons. The zero-order valence-electron chi connectivity index (χ0n) is 5.31. The molecule has 0 aromatic heterocycles. The number of hydrogen-bond acceptors (Lipinski definition) is 2. The Hall–Kier alpha value is -0.510. The molecule has 0 N–H and O–H groups in total. The zero-order valence-corrected chi connectivity index (χ0v) is 5.31. The average Bonchev–Trinajstić information content (AvgIpc) is 2.18. The minimum atomic E-state index is -2.74. The normalized spacial score (nSPS) is 42.8. The minimum absolute atomic E-state index is 0.219. The Kier molecular flexibility index (Phi) is 0.968. The fraction of sp³-hybridized carbons (Fsp3) is 0.833. The Morgan fingerprint density at radius 2 is 2.30 bits per heavy atom. The fourth-order valence-corrected chi connectivity index (χ4v) is 1.65. The van der Waals surface area contributed by atoms with E-state index in [9.17, 15) is 13.6 Å². The van der Waals surface area contributed by atoms with Gasteiger partial charge in [-0.1, -0.05) is 0 Å². The van der Waals surface area contributed by atoms with Gasteiger partial charge in [-0.25, -0.2) is 8.78 Å². The third-order valence-electron chi connectivity index (χ3n) is 2.15. The van der Waals surface area contributed by atoms with Gasteiger partial charge in [0.1, 0.15) is 0 Å². The predicted octanol–water partition coefficient (Wildman–Crippen LogP) is 0.136. The summed E-state index contributed by atoms with van der Waals surface area (Å²) in [5.74, 6) is -4.03. The number of Topliss-reactive ketones (excluding diaryl/α,β-unsaturated/α-hetero) is 1. The molecule has 2 aliphatic heterocycles. The first kappa shape index (κ1) is 6.22. The monoisotopic (exact) mass is 147 g/mol. The molecule has 0 spiro atoms.